The Kier molecular flexibility index (Phi) is 5.34. The lowest BCUT2D eigenvalue weighted by atomic mass is 9.95. The second-order valence-corrected chi connectivity index (χ2v) is 8.60. The van der Waals surface area contributed by atoms with Gasteiger partial charge in [0.05, 0.1) is 5.56 Å². The first kappa shape index (κ1) is 18.3. The fourth-order valence-electron chi connectivity index (χ4n) is 4.08. The van der Waals surface area contributed by atoms with Crippen molar-refractivity contribution in [2.75, 3.05) is 0 Å². The lowest BCUT2D eigenvalue weighted by molar-refractivity contribution is -0.129. The van der Waals surface area contributed by atoms with Crippen molar-refractivity contribution in [1.29, 1.82) is 0 Å². The van der Waals surface area contributed by atoms with Crippen LogP contribution in [0.1, 0.15) is 66.2 Å². The van der Waals surface area contributed by atoms with Crippen LogP contribution in [0.25, 0.3) is 5.00 Å². The highest BCUT2D eigenvalue weighted by molar-refractivity contribution is 7.15. The van der Waals surface area contributed by atoms with E-state index in [4.69, 9.17) is 4.74 Å². The lowest BCUT2D eigenvalue weighted by Gasteiger charge is -2.18. The molecule has 0 aliphatic heterocycles. The molecule has 2 aliphatic rings. The predicted octanol–water partition coefficient (Wildman–Crippen LogP) is 4.02. The highest BCUT2D eigenvalue weighted by Crippen LogP contribution is 2.37. The normalized spacial score (nSPS) is 18.1. The number of esters is 1. The molecule has 1 saturated carbocycles. The zero-order valence-electron chi connectivity index (χ0n) is 15.7. The molecule has 1 atom stereocenters. The fraction of sp³-hybridized carbons (Fsp3) is 0.524. The lowest BCUT2D eigenvalue weighted by Crippen LogP contribution is -2.41. The number of aryl methyl sites for hydroxylation is 1. The number of amides is 1. The largest absolute Gasteiger partial charge is 0.449 e. The third-order valence-electron chi connectivity index (χ3n) is 5.55. The quantitative estimate of drug-likeness (QED) is 0.790. The zero-order chi connectivity index (χ0) is 18.8. The number of nitrogens with one attached hydrogen (secondary N) is 1. The van der Waals surface area contributed by atoms with Gasteiger partial charge in [0.25, 0.3) is 5.91 Å². The van der Waals surface area contributed by atoms with Crippen molar-refractivity contribution in [3.63, 3.8) is 0 Å². The number of nitrogens with zero attached hydrogens (tertiary/aromatic N) is 1. The molecule has 2 aliphatic carbocycles. The van der Waals surface area contributed by atoms with Crippen molar-refractivity contribution in [3.8, 4) is 5.00 Å². The van der Waals surface area contributed by atoms with Gasteiger partial charge in [0, 0.05) is 23.3 Å². The third-order valence-corrected chi connectivity index (χ3v) is 6.86. The Balaban J connectivity index is 1.54. The molecule has 0 bridgehead atoms. The Bertz CT molecular complexity index is 819. The molecule has 2 aromatic heterocycles. The van der Waals surface area contributed by atoms with Crippen molar-refractivity contribution in [1.82, 2.24) is 9.88 Å². The van der Waals surface area contributed by atoms with Crippen LogP contribution in [0, 0.1) is 0 Å². The smallest absolute Gasteiger partial charge is 0.342 e. The molecule has 27 heavy (non-hydrogen) atoms. The molecular formula is C21H26N2O3S. The van der Waals surface area contributed by atoms with Gasteiger partial charge in [-0.05, 0) is 63.1 Å². The first-order valence-electron chi connectivity index (χ1n) is 9.92. The molecule has 5 nitrogen and oxygen atoms in total. The van der Waals surface area contributed by atoms with Gasteiger partial charge in [0.2, 0.25) is 0 Å². The number of carbonyl (C=O) groups excluding carboxylic acids is 2. The van der Waals surface area contributed by atoms with E-state index in [2.05, 4.69) is 5.32 Å². The molecule has 2 heterocycles. The van der Waals surface area contributed by atoms with E-state index in [1.165, 1.54) is 4.88 Å². The summed E-state index contributed by atoms with van der Waals surface area (Å²) < 4.78 is 7.59. The maximum absolute atomic E-state index is 13.0. The minimum absolute atomic E-state index is 0.193. The second-order valence-electron chi connectivity index (χ2n) is 7.52. The number of ether oxygens (including phenoxy) is 1. The Labute approximate surface area is 163 Å². The molecule has 1 N–H and O–H groups in total. The summed E-state index contributed by atoms with van der Waals surface area (Å²) in [5.41, 5.74) is 1.76. The van der Waals surface area contributed by atoms with Gasteiger partial charge in [-0.2, -0.15) is 0 Å². The molecule has 1 fully saturated rings. The van der Waals surface area contributed by atoms with Gasteiger partial charge in [-0.25, -0.2) is 4.79 Å². The van der Waals surface area contributed by atoms with E-state index in [-0.39, 0.29) is 17.9 Å². The van der Waals surface area contributed by atoms with Gasteiger partial charge in [-0.3, -0.25) is 4.79 Å². The van der Waals surface area contributed by atoms with Crippen LogP contribution in [0.5, 0.6) is 0 Å². The highest BCUT2D eigenvalue weighted by Gasteiger charge is 2.30. The summed E-state index contributed by atoms with van der Waals surface area (Å²) in [7, 11) is 0. The molecule has 0 saturated heterocycles. The predicted molar refractivity (Wildman–Crippen MR) is 106 cm³/mol. The summed E-state index contributed by atoms with van der Waals surface area (Å²) in [4.78, 5) is 26.7. The number of fused-ring (bicyclic) bond motifs is 1. The Morgan fingerprint density at radius 3 is 2.59 bits per heavy atom. The molecule has 4 rings (SSSR count). The van der Waals surface area contributed by atoms with Gasteiger partial charge in [0.1, 0.15) is 5.00 Å². The van der Waals surface area contributed by atoms with E-state index in [1.54, 1.807) is 18.3 Å². The summed E-state index contributed by atoms with van der Waals surface area (Å²) in [5.74, 6) is -0.575. The van der Waals surface area contributed by atoms with Crippen LogP contribution in [0.4, 0.5) is 0 Å². The topological polar surface area (TPSA) is 60.3 Å². The Morgan fingerprint density at radius 2 is 1.85 bits per heavy atom. The summed E-state index contributed by atoms with van der Waals surface area (Å²) in [6, 6.07) is 4.12. The van der Waals surface area contributed by atoms with Crippen LogP contribution < -0.4 is 5.32 Å². The molecule has 144 valence electrons. The first-order valence-corrected chi connectivity index (χ1v) is 10.7. The van der Waals surface area contributed by atoms with E-state index >= 15 is 0 Å². The number of hydrogen-bond acceptors (Lipinski definition) is 4. The summed E-state index contributed by atoms with van der Waals surface area (Å²) in [6.45, 7) is 1.66. The summed E-state index contributed by atoms with van der Waals surface area (Å²) in [6.07, 6.45) is 11.6. The first-order chi connectivity index (χ1) is 13.1. The van der Waals surface area contributed by atoms with Crippen molar-refractivity contribution < 1.29 is 14.3 Å². The van der Waals surface area contributed by atoms with Gasteiger partial charge in [-0.1, -0.05) is 12.8 Å². The Morgan fingerprint density at radius 1 is 1.15 bits per heavy atom. The minimum atomic E-state index is -0.783. The summed E-state index contributed by atoms with van der Waals surface area (Å²) >= 11 is 1.67. The fourth-order valence-corrected chi connectivity index (χ4v) is 5.42. The number of rotatable bonds is 5. The van der Waals surface area contributed by atoms with Gasteiger partial charge in [0.15, 0.2) is 6.10 Å². The van der Waals surface area contributed by atoms with E-state index in [0.29, 0.717) is 5.56 Å². The van der Waals surface area contributed by atoms with Crippen molar-refractivity contribution in [3.05, 3.63) is 40.5 Å². The van der Waals surface area contributed by atoms with Gasteiger partial charge in [-0.15, -0.1) is 11.3 Å². The molecule has 0 aromatic carbocycles. The van der Waals surface area contributed by atoms with Crippen LogP contribution in [0.3, 0.4) is 0 Å². The number of thiophene rings is 1. The molecule has 0 unspecified atom stereocenters. The zero-order valence-corrected chi connectivity index (χ0v) is 16.5. The maximum atomic E-state index is 13.0. The highest BCUT2D eigenvalue weighted by atomic mass is 32.1. The van der Waals surface area contributed by atoms with Crippen molar-refractivity contribution in [2.24, 2.45) is 0 Å². The average Bonchev–Trinajstić information content (AvgIpc) is 3.41. The molecule has 2 aromatic rings. The van der Waals surface area contributed by atoms with Gasteiger partial charge < -0.3 is 14.6 Å². The van der Waals surface area contributed by atoms with E-state index in [9.17, 15) is 9.59 Å². The maximum Gasteiger partial charge on any atom is 0.342 e. The van der Waals surface area contributed by atoms with Crippen LogP contribution in [0.2, 0.25) is 0 Å². The van der Waals surface area contributed by atoms with E-state index < -0.39 is 6.10 Å². The van der Waals surface area contributed by atoms with Crippen LogP contribution in [0.15, 0.2) is 24.5 Å². The van der Waals surface area contributed by atoms with E-state index in [0.717, 1.165) is 61.9 Å². The number of hydrogen-bond donors (Lipinski definition) is 1. The second kappa shape index (κ2) is 7.89. The number of aromatic nitrogens is 1. The SMILES string of the molecule is C[C@@H](OC(=O)c1c(-n2cccc2)sc2c1CCCC2)C(=O)NC1CCCC1. The van der Waals surface area contributed by atoms with Crippen LogP contribution in [-0.2, 0) is 22.4 Å². The molecule has 6 heteroatoms. The van der Waals surface area contributed by atoms with E-state index in [1.807, 2.05) is 29.1 Å². The van der Waals surface area contributed by atoms with Crippen LogP contribution >= 0.6 is 11.3 Å². The van der Waals surface area contributed by atoms with Crippen LogP contribution in [-0.4, -0.2) is 28.6 Å². The molecular weight excluding hydrogens is 360 g/mol. The van der Waals surface area contributed by atoms with Crippen molar-refractivity contribution >= 4 is 23.2 Å². The summed E-state index contributed by atoms with van der Waals surface area (Å²) in [5, 5.41) is 3.92. The third kappa shape index (κ3) is 3.81. The van der Waals surface area contributed by atoms with Gasteiger partial charge >= 0.3 is 5.97 Å². The standard InChI is InChI=1S/C21H26N2O3S/c1-14(19(24)22-15-8-2-3-9-15)26-21(25)18-16-10-4-5-11-17(16)27-20(18)23-12-6-7-13-23/h6-7,12-15H,2-5,8-11H2,1H3,(H,22,24)/t14-/m1/s1. The molecule has 1 amide bonds. The molecule has 0 radical (unpaired) electrons. The minimum Gasteiger partial charge on any atom is -0.449 e. The Hall–Kier alpha value is -2.08. The molecule has 0 spiro atoms. The number of carbonyl (C=O) groups is 2. The monoisotopic (exact) mass is 386 g/mol. The van der Waals surface area contributed by atoms with Crippen molar-refractivity contribution in [2.45, 2.75) is 70.4 Å². The average molecular weight is 387 g/mol.